The Hall–Kier alpha value is -2.12. The molecule has 1 spiro atoms. The van der Waals surface area contributed by atoms with Crippen LogP contribution in [0.25, 0.3) is 0 Å². The van der Waals surface area contributed by atoms with E-state index in [0.717, 1.165) is 77.7 Å². The average Bonchev–Trinajstić information content (AvgIpc) is 3.58. The molecule has 3 saturated heterocycles. The molecular weight excluding hydrogens is 440 g/mol. The maximum absolute atomic E-state index is 13.5. The van der Waals surface area contributed by atoms with Crippen molar-refractivity contribution in [3.8, 4) is 0 Å². The molecule has 0 radical (unpaired) electrons. The van der Waals surface area contributed by atoms with E-state index in [2.05, 4.69) is 40.5 Å². The zero-order valence-electron chi connectivity index (χ0n) is 20.8. The minimum absolute atomic E-state index is 0.126. The van der Waals surface area contributed by atoms with Gasteiger partial charge in [-0.25, -0.2) is 4.79 Å². The first-order valence-electron chi connectivity index (χ1n) is 13.8. The molecule has 2 aliphatic carbocycles. The van der Waals surface area contributed by atoms with E-state index in [9.17, 15) is 14.7 Å². The molecule has 0 aromatic heterocycles. The van der Waals surface area contributed by atoms with Crippen molar-refractivity contribution in [2.75, 3.05) is 39.3 Å². The highest BCUT2D eigenvalue weighted by Gasteiger charge is 2.52. The van der Waals surface area contributed by atoms with E-state index in [4.69, 9.17) is 0 Å². The van der Waals surface area contributed by atoms with E-state index in [-0.39, 0.29) is 29.5 Å². The van der Waals surface area contributed by atoms with Gasteiger partial charge in [0.25, 0.3) is 0 Å². The lowest BCUT2D eigenvalue weighted by Gasteiger charge is -2.46. The Balaban J connectivity index is 0.966. The van der Waals surface area contributed by atoms with Gasteiger partial charge in [-0.1, -0.05) is 30.3 Å². The minimum atomic E-state index is -0.381. The molecule has 7 nitrogen and oxygen atoms in total. The molecule has 35 heavy (non-hydrogen) atoms. The molecule has 3 aliphatic heterocycles. The van der Waals surface area contributed by atoms with E-state index < -0.39 is 0 Å². The highest BCUT2D eigenvalue weighted by atomic mass is 16.3. The highest BCUT2D eigenvalue weighted by molar-refractivity contribution is 5.86. The van der Waals surface area contributed by atoms with E-state index >= 15 is 0 Å². The van der Waals surface area contributed by atoms with Crippen LogP contribution in [0.15, 0.2) is 30.3 Å². The Morgan fingerprint density at radius 2 is 1.80 bits per heavy atom. The summed E-state index contributed by atoms with van der Waals surface area (Å²) in [6.07, 6.45) is 7.09. The Morgan fingerprint density at radius 3 is 2.57 bits per heavy atom. The number of likely N-dealkylation sites (tertiary alicyclic amines) is 3. The van der Waals surface area contributed by atoms with Crippen LogP contribution >= 0.6 is 0 Å². The topological polar surface area (TPSA) is 76.1 Å². The van der Waals surface area contributed by atoms with Gasteiger partial charge in [0.2, 0.25) is 5.91 Å². The molecule has 7 heteroatoms. The first kappa shape index (κ1) is 23.3. The van der Waals surface area contributed by atoms with Gasteiger partial charge in [-0.2, -0.15) is 0 Å². The molecule has 3 amide bonds. The van der Waals surface area contributed by atoms with Gasteiger partial charge in [-0.05, 0) is 56.9 Å². The SMILES string of the molecule is O=C(N1CC(CNC2CC2c2ccccc2)C1)N1CCC[C@]2(CCN(C3CCC(O)CC3)C2=O)C1. The van der Waals surface area contributed by atoms with Crippen LogP contribution in [0.4, 0.5) is 4.79 Å². The van der Waals surface area contributed by atoms with Crippen LogP contribution in [-0.4, -0.2) is 89.2 Å². The summed E-state index contributed by atoms with van der Waals surface area (Å²) in [6, 6.07) is 11.7. The Kier molecular flexibility index (Phi) is 6.25. The number of aliphatic hydroxyl groups is 1. The number of rotatable bonds is 5. The summed E-state index contributed by atoms with van der Waals surface area (Å²) >= 11 is 0. The Morgan fingerprint density at radius 1 is 1.03 bits per heavy atom. The van der Waals surface area contributed by atoms with Crippen LogP contribution in [0.3, 0.4) is 0 Å². The van der Waals surface area contributed by atoms with E-state index in [1.807, 2.05) is 9.80 Å². The summed E-state index contributed by atoms with van der Waals surface area (Å²) in [5.74, 6) is 1.43. The Labute approximate surface area is 208 Å². The summed E-state index contributed by atoms with van der Waals surface area (Å²) in [6.45, 7) is 4.78. The summed E-state index contributed by atoms with van der Waals surface area (Å²) in [4.78, 5) is 32.8. The average molecular weight is 481 g/mol. The number of hydrogen-bond donors (Lipinski definition) is 2. The van der Waals surface area contributed by atoms with Crippen LogP contribution in [0.5, 0.6) is 0 Å². The molecule has 2 N–H and O–H groups in total. The van der Waals surface area contributed by atoms with E-state index in [0.29, 0.717) is 24.4 Å². The summed E-state index contributed by atoms with van der Waals surface area (Å²) in [5.41, 5.74) is 1.05. The number of amides is 3. The van der Waals surface area contributed by atoms with Gasteiger partial charge in [0, 0.05) is 63.2 Å². The van der Waals surface area contributed by atoms with E-state index in [1.165, 1.54) is 12.0 Å². The maximum Gasteiger partial charge on any atom is 0.320 e. The van der Waals surface area contributed by atoms with Gasteiger partial charge in [0.1, 0.15) is 0 Å². The van der Waals surface area contributed by atoms with Gasteiger partial charge in [0.05, 0.1) is 11.5 Å². The first-order valence-corrected chi connectivity index (χ1v) is 13.8. The number of aliphatic hydroxyl groups excluding tert-OH is 1. The second kappa shape index (κ2) is 9.40. The Bertz CT molecular complexity index is 927. The van der Waals surface area contributed by atoms with Crippen molar-refractivity contribution in [2.45, 2.75) is 75.5 Å². The number of nitrogens with one attached hydrogen (secondary N) is 1. The molecule has 3 heterocycles. The van der Waals surface area contributed by atoms with Crippen molar-refractivity contribution in [3.63, 3.8) is 0 Å². The molecule has 2 unspecified atom stereocenters. The third kappa shape index (κ3) is 4.57. The van der Waals surface area contributed by atoms with Crippen LogP contribution in [-0.2, 0) is 4.79 Å². The predicted octanol–water partition coefficient (Wildman–Crippen LogP) is 2.80. The molecular formula is C28H40N4O3. The predicted molar refractivity (Wildman–Crippen MR) is 134 cm³/mol. The van der Waals surface area contributed by atoms with Crippen molar-refractivity contribution in [3.05, 3.63) is 35.9 Å². The van der Waals surface area contributed by atoms with Gasteiger partial charge in [0.15, 0.2) is 0 Å². The fourth-order valence-electron chi connectivity index (χ4n) is 7.10. The second-order valence-corrected chi connectivity index (χ2v) is 11.8. The smallest absolute Gasteiger partial charge is 0.320 e. The number of urea groups is 1. The van der Waals surface area contributed by atoms with Crippen molar-refractivity contribution in [1.82, 2.24) is 20.0 Å². The maximum atomic E-state index is 13.5. The van der Waals surface area contributed by atoms with Crippen LogP contribution < -0.4 is 5.32 Å². The largest absolute Gasteiger partial charge is 0.393 e. The van der Waals surface area contributed by atoms with Crippen molar-refractivity contribution >= 4 is 11.9 Å². The number of carbonyl (C=O) groups is 2. The number of nitrogens with zero attached hydrogens (tertiary/aromatic N) is 3. The fourth-order valence-corrected chi connectivity index (χ4v) is 7.10. The lowest BCUT2D eigenvalue weighted by atomic mass is 9.78. The number of benzene rings is 1. The molecule has 0 bridgehead atoms. The second-order valence-electron chi connectivity index (χ2n) is 11.8. The molecule has 5 fully saturated rings. The number of hydrogen-bond acceptors (Lipinski definition) is 4. The van der Waals surface area contributed by atoms with Crippen molar-refractivity contribution in [2.24, 2.45) is 11.3 Å². The molecule has 2 saturated carbocycles. The summed E-state index contributed by atoms with van der Waals surface area (Å²) in [7, 11) is 0. The monoisotopic (exact) mass is 480 g/mol. The normalized spacial score (nSPS) is 35.5. The van der Waals surface area contributed by atoms with Crippen molar-refractivity contribution in [1.29, 1.82) is 0 Å². The fraction of sp³-hybridized carbons (Fsp3) is 0.714. The molecule has 3 atom stereocenters. The summed E-state index contributed by atoms with van der Waals surface area (Å²) in [5, 5.41) is 13.6. The third-order valence-corrected chi connectivity index (χ3v) is 9.41. The molecule has 1 aromatic rings. The summed E-state index contributed by atoms with van der Waals surface area (Å²) < 4.78 is 0. The van der Waals surface area contributed by atoms with Crippen LogP contribution in [0, 0.1) is 11.3 Å². The molecule has 190 valence electrons. The highest BCUT2D eigenvalue weighted by Crippen LogP contribution is 2.43. The lowest BCUT2D eigenvalue weighted by molar-refractivity contribution is -0.141. The van der Waals surface area contributed by atoms with Crippen LogP contribution in [0.2, 0.25) is 0 Å². The lowest BCUT2D eigenvalue weighted by Crippen LogP contribution is -2.60. The zero-order valence-corrected chi connectivity index (χ0v) is 20.8. The molecule has 5 aliphatic rings. The number of piperidine rings is 1. The van der Waals surface area contributed by atoms with Gasteiger partial charge in [-0.3, -0.25) is 4.79 Å². The third-order valence-electron chi connectivity index (χ3n) is 9.41. The van der Waals surface area contributed by atoms with E-state index in [1.54, 1.807) is 0 Å². The van der Waals surface area contributed by atoms with Gasteiger partial charge >= 0.3 is 6.03 Å². The quantitative estimate of drug-likeness (QED) is 0.680. The zero-order chi connectivity index (χ0) is 24.0. The number of carbonyl (C=O) groups excluding carboxylic acids is 2. The minimum Gasteiger partial charge on any atom is -0.393 e. The standard InChI is InChI=1S/C28H40N4O3/c33-23-9-7-22(8-10-23)32-14-12-28(26(32)34)11-4-13-30(19-28)27(35)31-17-20(18-31)16-29-25-15-24(25)21-5-2-1-3-6-21/h1-3,5-6,20,22-25,29,33H,4,7-19H2/t22?,23?,24?,25?,28-/m0/s1. The molecule has 1 aromatic carbocycles. The van der Waals surface area contributed by atoms with Crippen LogP contribution in [0.1, 0.15) is 62.8 Å². The van der Waals surface area contributed by atoms with Crippen molar-refractivity contribution < 1.29 is 14.7 Å². The van der Waals surface area contributed by atoms with Gasteiger partial charge < -0.3 is 25.1 Å². The molecule has 6 rings (SSSR count). The first-order chi connectivity index (χ1) is 17.0. The van der Waals surface area contributed by atoms with Gasteiger partial charge in [-0.15, -0.1) is 0 Å².